The van der Waals surface area contributed by atoms with Crippen LogP contribution in [0.1, 0.15) is 36.0 Å². The molecule has 0 spiro atoms. The van der Waals surface area contributed by atoms with Crippen molar-refractivity contribution in [1.29, 1.82) is 0 Å². The van der Waals surface area contributed by atoms with Crippen LogP contribution in [0.25, 0.3) is 0 Å². The van der Waals surface area contributed by atoms with Gasteiger partial charge in [-0.15, -0.1) is 10.2 Å². The van der Waals surface area contributed by atoms with E-state index in [9.17, 15) is 0 Å². The molecule has 1 aromatic carbocycles. The summed E-state index contributed by atoms with van der Waals surface area (Å²) in [6.45, 7) is 4.71. The monoisotopic (exact) mass is 307 g/mol. The lowest BCUT2D eigenvalue weighted by Crippen LogP contribution is -2.07. The fraction of sp³-hybridized carbons (Fsp3) is 0.467. The van der Waals surface area contributed by atoms with Crippen molar-refractivity contribution in [2.75, 3.05) is 19.5 Å². The van der Waals surface area contributed by atoms with E-state index in [1.165, 1.54) is 0 Å². The van der Waals surface area contributed by atoms with Gasteiger partial charge >= 0.3 is 0 Å². The molecule has 0 aliphatic heterocycles. The topological polar surface area (TPSA) is 56.3 Å². The molecule has 2 aromatic rings. The van der Waals surface area contributed by atoms with E-state index < -0.39 is 0 Å². The summed E-state index contributed by atoms with van der Waals surface area (Å²) in [5.74, 6) is 0.844. The molecule has 0 radical (unpaired) electrons. The second-order valence-corrected chi connectivity index (χ2v) is 5.79. The highest BCUT2D eigenvalue weighted by atomic mass is 32.1. The lowest BCUT2D eigenvalue weighted by molar-refractivity contribution is 0.181. The maximum Gasteiger partial charge on any atom is 0.206 e. The van der Waals surface area contributed by atoms with Crippen LogP contribution in [0.15, 0.2) is 18.2 Å². The van der Waals surface area contributed by atoms with Crippen LogP contribution in [0.5, 0.6) is 5.75 Å². The minimum Gasteiger partial charge on any atom is -0.496 e. The largest absolute Gasteiger partial charge is 0.496 e. The van der Waals surface area contributed by atoms with Gasteiger partial charge in [0.05, 0.1) is 19.8 Å². The van der Waals surface area contributed by atoms with Crippen LogP contribution in [0.3, 0.4) is 0 Å². The van der Waals surface area contributed by atoms with E-state index in [4.69, 9.17) is 9.47 Å². The fourth-order valence-electron chi connectivity index (χ4n) is 2.06. The highest BCUT2D eigenvalue weighted by Crippen LogP contribution is 2.27. The molecule has 0 aliphatic carbocycles. The van der Waals surface area contributed by atoms with Crippen molar-refractivity contribution < 1.29 is 9.47 Å². The minimum absolute atomic E-state index is 0.143. The zero-order valence-electron chi connectivity index (χ0n) is 12.8. The summed E-state index contributed by atoms with van der Waals surface area (Å²) in [5.41, 5.74) is 2.20. The Bertz CT molecular complexity index is 586. The number of anilines is 1. The highest BCUT2D eigenvalue weighted by molar-refractivity contribution is 7.15. The Morgan fingerprint density at radius 2 is 2.10 bits per heavy atom. The Kier molecular flexibility index (Phi) is 5.52. The Labute approximate surface area is 129 Å². The first-order chi connectivity index (χ1) is 10.2. The van der Waals surface area contributed by atoms with Gasteiger partial charge in [-0.3, -0.25) is 0 Å². The van der Waals surface area contributed by atoms with Crippen molar-refractivity contribution in [1.82, 2.24) is 10.2 Å². The molecule has 0 saturated carbocycles. The molecule has 1 aromatic heterocycles. The number of aromatic nitrogens is 2. The van der Waals surface area contributed by atoms with Crippen LogP contribution in [-0.2, 0) is 17.8 Å². The van der Waals surface area contributed by atoms with E-state index in [0.29, 0.717) is 6.61 Å². The third-order valence-corrected chi connectivity index (χ3v) is 4.21. The van der Waals surface area contributed by atoms with Crippen molar-refractivity contribution in [2.45, 2.75) is 32.9 Å². The number of nitrogens with one attached hydrogen (secondary N) is 1. The van der Waals surface area contributed by atoms with Gasteiger partial charge in [-0.2, -0.15) is 0 Å². The van der Waals surface area contributed by atoms with Gasteiger partial charge in [0.2, 0.25) is 5.13 Å². The number of hydrogen-bond acceptors (Lipinski definition) is 6. The lowest BCUT2D eigenvalue weighted by Gasteiger charge is -2.16. The zero-order valence-corrected chi connectivity index (χ0v) is 13.7. The van der Waals surface area contributed by atoms with Gasteiger partial charge in [0, 0.05) is 12.7 Å². The molecule has 114 valence electrons. The predicted octanol–water partition coefficient (Wildman–Crippen LogP) is 3.43. The standard InChI is InChI=1S/C15H21N3O2S/c1-5-14-17-18-15(21-14)16-10(2)11-6-7-13(20-4)12(8-11)9-19-3/h6-8,10H,5,9H2,1-4H3,(H,16,18). The van der Waals surface area contributed by atoms with Crippen LogP contribution < -0.4 is 10.1 Å². The Balaban J connectivity index is 2.14. The van der Waals surface area contributed by atoms with E-state index >= 15 is 0 Å². The molecular formula is C15H21N3O2S. The normalized spacial score (nSPS) is 12.2. The maximum absolute atomic E-state index is 5.35. The number of nitrogens with zero attached hydrogens (tertiary/aromatic N) is 2. The van der Waals surface area contributed by atoms with Crippen LogP contribution in [-0.4, -0.2) is 24.4 Å². The van der Waals surface area contributed by atoms with E-state index in [0.717, 1.165) is 33.4 Å². The number of rotatable bonds is 7. The molecule has 0 saturated heterocycles. The second kappa shape index (κ2) is 7.38. The summed E-state index contributed by atoms with van der Waals surface area (Å²) in [6, 6.07) is 6.27. The average Bonchev–Trinajstić information content (AvgIpc) is 2.95. The Morgan fingerprint density at radius 3 is 2.71 bits per heavy atom. The third kappa shape index (κ3) is 3.92. The zero-order chi connectivity index (χ0) is 15.2. The van der Waals surface area contributed by atoms with E-state index in [1.807, 2.05) is 6.07 Å². The molecule has 0 fully saturated rings. The number of aryl methyl sites for hydroxylation is 1. The lowest BCUT2D eigenvalue weighted by atomic mass is 10.0. The number of benzene rings is 1. The summed E-state index contributed by atoms with van der Waals surface area (Å²) in [7, 11) is 3.35. The molecule has 21 heavy (non-hydrogen) atoms. The van der Waals surface area contributed by atoms with Crippen LogP contribution in [0, 0.1) is 0 Å². The fourth-order valence-corrected chi connectivity index (χ4v) is 2.83. The Hall–Kier alpha value is -1.66. The third-order valence-electron chi connectivity index (χ3n) is 3.21. The first-order valence-electron chi connectivity index (χ1n) is 6.92. The predicted molar refractivity (Wildman–Crippen MR) is 85.0 cm³/mol. The molecule has 1 heterocycles. The maximum atomic E-state index is 5.35. The van der Waals surface area contributed by atoms with Gasteiger partial charge in [-0.05, 0) is 31.0 Å². The van der Waals surface area contributed by atoms with E-state index in [-0.39, 0.29) is 6.04 Å². The minimum atomic E-state index is 0.143. The molecule has 1 N–H and O–H groups in total. The van der Waals surface area contributed by atoms with Gasteiger partial charge < -0.3 is 14.8 Å². The van der Waals surface area contributed by atoms with Gasteiger partial charge in [0.25, 0.3) is 0 Å². The van der Waals surface area contributed by atoms with E-state index in [2.05, 4.69) is 41.5 Å². The number of methoxy groups -OCH3 is 2. The summed E-state index contributed by atoms with van der Waals surface area (Å²) in [6.07, 6.45) is 0.911. The summed E-state index contributed by atoms with van der Waals surface area (Å²) in [4.78, 5) is 0. The number of hydrogen-bond donors (Lipinski definition) is 1. The first-order valence-corrected chi connectivity index (χ1v) is 7.74. The smallest absolute Gasteiger partial charge is 0.206 e. The molecule has 1 unspecified atom stereocenters. The van der Waals surface area contributed by atoms with Crippen molar-refractivity contribution in [3.8, 4) is 5.75 Å². The molecule has 2 rings (SSSR count). The molecule has 6 heteroatoms. The van der Waals surface area contributed by atoms with E-state index in [1.54, 1.807) is 25.6 Å². The number of ether oxygens (including phenoxy) is 2. The van der Waals surface area contributed by atoms with Gasteiger partial charge in [-0.25, -0.2) is 0 Å². The molecule has 1 atom stereocenters. The van der Waals surface area contributed by atoms with Crippen molar-refractivity contribution in [2.24, 2.45) is 0 Å². The quantitative estimate of drug-likeness (QED) is 0.849. The second-order valence-electron chi connectivity index (χ2n) is 4.72. The molecule has 0 bridgehead atoms. The van der Waals surface area contributed by atoms with Gasteiger partial charge in [0.15, 0.2) is 0 Å². The first kappa shape index (κ1) is 15.7. The van der Waals surface area contributed by atoms with Crippen molar-refractivity contribution in [3.05, 3.63) is 34.3 Å². The summed E-state index contributed by atoms with van der Waals surface area (Å²) >= 11 is 1.60. The van der Waals surface area contributed by atoms with Gasteiger partial charge in [-0.1, -0.05) is 24.3 Å². The summed E-state index contributed by atoms with van der Waals surface area (Å²) in [5, 5.41) is 13.5. The molecule has 0 aliphatic rings. The highest BCUT2D eigenvalue weighted by Gasteiger charge is 2.12. The van der Waals surface area contributed by atoms with Crippen LogP contribution in [0.4, 0.5) is 5.13 Å². The molecule has 0 amide bonds. The average molecular weight is 307 g/mol. The van der Waals surface area contributed by atoms with Crippen molar-refractivity contribution in [3.63, 3.8) is 0 Å². The molecule has 5 nitrogen and oxygen atoms in total. The SMILES string of the molecule is CCc1nnc(NC(C)c2ccc(OC)c(COC)c2)s1. The summed E-state index contributed by atoms with van der Waals surface area (Å²) < 4.78 is 10.6. The van der Waals surface area contributed by atoms with Crippen molar-refractivity contribution >= 4 is 16.5 Å². The Morgan fingerprint density at radius 1 is 1.29 bits per heavy atom. The van der Waals surface area contributed by atoms with Crippen LogP contribution in [0.2, 0.25) is 0 Å². The molecular weight excluding hydrogens is 286 g/mol. The van der Waals surface area contributed by atoms with Gasteiger partial charge in [0.1, 0.15) is 10.8 Å². The van der Waals surface area contributed by atoms with Crippen LogP contribution >= 0.6 is 11.3 Å².